The van der Waals surface area contributed by atoms with Crippen LogP contribution in [0.4, 0.5) is 52.7 Å². The molecule has 0 radical (unpaired) electrons. The van der Waals surface area contributed by atoms with E-state index in [4.69, 9.17) is 51.1 Å². The van der Waals surface area contributed by atoms with Crippen LogP contribution in [0.15, 0.2) is 24.3 Å². The average Bonchev–Trinajstić information content (AvgIpc) is 3.02. The molecule has 15 nitrogen and oxygen atoms in total. The molecule has 1 amide bonds. The van der Waals surface area contributed by atoms with E-state index in [1.54, 1.807) is 12.1 Å². The molecule has 334 valence electrons. The second kappa shape index (κ2) is 27.9. The summed E-state index contributed by atoms with van der Waals surface area (Å²) in [5.41, 5.74) is 12.6. The lowest BCUT2D eigenvalue weighted by atomic mass is 10.00. The highest BCUT2D eigenvalue weighted by molar-refractivity contribution is 5.74. The smallest absolute Gasteiger partial charge is 0.490 e. The number of rotatable bonds is 15. The van der Waals surface area contributed by atoms with E-state index >= 15 is 0 Å². The molecular weight excluding hydrogens is 818 g/mol. The number of alkyl halides is 12. The van der Waals surface area contributed by atoms with Gasteiger partial charge in [-0.15, -0.1) is 0 Å². The van der Waals surface area contributed by atoms with Gasteiger partial charge in [0, 0.05) is 50.7 Å². The Morgan fingerprint density at radius 1 is 0.596 bits per heavy atom. The van der Waals surface area contributed by atoms with Crippen LogP contribution in [0.5, 0.6) is 5.75 Å². The third kappa shape index (κ3) is 36.7. The largest absolute Gasteiger partial charge is 0.508 e. The molecule has 1 aromatic carbocycles. The van der Waals surface area contributed by atoms with Crippen LogP contribution in [-0.4, -0.2) is 124 Å². The number of nitrogens with one attached hydrogen (secondary N) is 3. The number of phenols is 1. The SMILES string of the molecule is CC(C)[C@@H](CNCCC(N)=O)NC[C@@H](NC[C@@H](N)Cc1ccc(O)cc1)C(C)C.O=C(O)C(F)(F)F.O=C(O)C(F)(F)F.O=C(O)C(F)(F)F.O=C(O)C(F)(F)F. The lowest BCUT2D eigenvalue weighted by Crippen LogP contribution is -2.52. The zero-order valence-electron chi connectivity index (χ0n) is 30.4. The highest BCUT2D eigenvalue weighted by Crippen LogP contribution is 2.15. The van der Waals surface area contributed by atoms with E-state index in [1.165, 1.54) is 0 Å². The fraction of sp³-hybridized carbons (Fsp3) is 0.633. The highest BCUT2D eigenvalue weighted by atomic mass is 19.4. The van der Waals surface area contributed by atoms with Crippen molar-refractivity contribution in [3.63, 3.8) is 0 Å². The molecule has 12 N–H and O–H groups in total. The van der Waals surface area contributed by atoms with Gasteiger partial charge in [0.15, 0.2) is 0 Å². The first-order chi connectivity index (χ1) is 25.5. The molecule has 0 bridgehead atoms. The van der Waals surface area contributed by atoms with Gasteiger partial charge in [0.05, 0.1) is 0 Å². The molecule has 0 saturated carbocycles. The molecule has 0 aliphatic rings. The van der Waals surface area contributed by atoms with Crippen LogP contribution in [0, 0.1) is 11.8 Å². The minimum Gasteiger partial charge on any atom is -0.508 e. The molecule has 0 saturated heterocycles. The number of carbonyl (C=O) groups is 5. The molecule has 0 fully saturated rings. The molecule has 0 heterocycles. The predicted octanol–water partition coefficient (Wildman–Crippen LogP) is 3.49. The summed E-state index contributed by atoms with van der Waals surface area (Å²) in [6.45, 7) is 11.8. The maximum atomic E-state index is 10.9. The van der Waals surface area contributed by atoms with Gasteiger partial charge in [0.2, 0.25) is 5.91 Å². The second-order valence-electron chi connectivity index (χ2n) is 11.8. The Bertz CT molecular complexity index is 1230. The summed E-state index contributed by atoms with van der Waals surface area (Å²) in [6.07, 6.45) is -19.2. The molecule has 1 aromatic rings. The van der Waals surface area contributed by atoms with E-state index in [0.29, 0.717) is 36.9 Å². The Morgan fingerprint density at radius 3 is 1.18 bits per heavy atom. The Morgan fingerprint density at radius 2 is 0.895 bits per heavy atom. The number of hydrogen-bond donors (Lipinski definition) is 10. The van der Waals surface area contributed by atoms with Crippen molar-refractivity contribution in [3.05, 3.63) is 29.8 Å². The molecule has 57 heavy (non-hydrogen) atoms. The Hall–Kier alpha value is -4.63. The first kappa shape index (κ1) is 59.1. The maximum absolute atomic E-state index is 10.9. The van der Waals surface area contributed by atoms with E-state index in [-0.39, 0.29) is 17.7 Å². The van der Waals surface area contributed by atoms with Crippen LogP contribution in [0.2, 0.25) is 0 Å². The van der Waals surface area contributed by atoms with Crippen molar-refractivity contribution >= 4 is 29.8 Å². The molecule has 3 atom stereocenters. The van der Waals surface area contributed by atoms with E-state index in [1.807, 2.05) is 12.1 Å². The Balaban J connectivity index is -0.000000402. The van der Waals surface area contributed by atoms with Gasteiger partial charge in [-0.3, -0.25) is 4.79 Å². The van der Waals surface area contributed by atoms with Crippen LogP contribution >= 0.6 is 0 Å². The van der Waals surface area contributed by atoms with Crippen molar-refractivity contribution < 1.29 is 102 Å². The van der Waals surface area contributed by atoms with Crippen LogP contribution in [0.3, 0.4) is 0 Å². The third-order valence-electron chi connectivity index (χ3n) is 6.17. The summed E-state index contributed by atoms with van der Waals surface area (Å²) in [5.74, 6) is -10.1. The predicted molar refractivity (Wildman–Crippen MR) is 174 cm³/mol. The van der Waals surface area contributed by atoms with E-state index in [9.17, 15) is 62.6 Å². The average molecular weight is 864 g/mol. The minimum atomic E-state index is -5.08. The van der Waals surface area contributed by atoms with Gasteiger partial charge in [-0.2, -0.15) is 52.7 Å². The number of primary amides is 1. The first-order valence-electron chi connectivity index (χ1n) is 15.7. The zero-order valence-corrected chi connectivity index (χ0v) is 30.4. The minimum absolute atomic E-state index is 0.0113. The summed E-state index contributed by atoms with van der Waals surface area (Å²) in [6, 6.07) is 7.85. The molecular formula is C30H45F12N5O10. The fourth-order valence-electron chi connectivity index (χ4n) is 3.14. The summed E-state index contributed by atoms with van der Waals surface area (Å²) >= 11 is 0. The molecule has 1 rings (SSSR count). The standard InChI is InChI=1S/C22H41N5O2.4C2HF3O2/c1-15(2)20(13-25-10-9-22(24)29)27-14-21(16(3)4)26-12-18(23)11-17-5-7-19(28)8-6-17;4*3-2(4,5)1(6)7/h5-8,15-16,18,20-21,25-28H,9-14,23H2,1-4H3,(H2,24,29);4*(H,6,7)/t18-,20+,21+;;;;/m0..../s1. The summed E-state index contributed by atoms with van der Waals surface area (Å²) in [5, 5.41) is 48.5. The molecule has 0 aliphatic carbocycles. The normalized spacial score (nSPS) is 13.1. The zero-order chi connectivity index (χ0) is 46.1. The van der Waals surface area contributed by atoms with Crippen LogP contribution in [-0.2, 0) is 30.4 Å². The number of hydrogen-bond acceptors (Lipinski definition) is 10. The van der Waals surface area contributed by atoms with E-state index in [0.717, 1.165) is 31.6 Å². The quantitative estimate of drug-likeness (QED) is 0.0894. The number of carboxylic acids is 4. The molecule has 0 aliphatic heterocycles. The molecule has 27 heteroatoms. The number of aliphatic carboxylic acids is 4. The van der Waals surface area contributed by atoms with Gasteiger partial charge in [0.1, 0.15) is 5.75 Å². The van der Waals surface area contributed by atoms with Crippen molar-refractivity contribution in [3.8, 4) is 5.75 Å². The fourth-order valence-corrected chi connectivity index (χ4v) is 3.14. The van der Waals surface area contributed by atoms with Crippen molar-refractivity contribution in [2.45, 2.75) is 83.4 Å². The number of phenolic OH excluding ortho intramolecular Hbond substituents is 1. The molecule has 0 unspecified atom stereocenters. The van der Waals surface area contributed by atoms with Gasteiger partial charge in [-0.05, 0) is 36.0 Å². The lowest BCUT2D eigenvalue weighted by Gasteiger charge is -2.29. The van der Waals surface area contributed by atoms with Crippen molar-refractivity contribution in [2.75, 3.05) is 26.2 Å². The highest BCUT2D eigenvalue weighted by Gasteiger charge is 2.40. The topological polar surface area (TPSA) is 275 Å². The van der Waals surface area contributed by atoms with E-state index < -0.39 is 48.6 Å². The number of benzene rings is 1. The van der Waals surface area contributed by atoms with Gasteiger partial charge in [-0.25, -0.2) is 19.2 Å². The number of carbonyl (C=O) groups excluding carboxylic acids is 1. The van der Waals surface area contributed by atoms with Gasteiger partial charge in [0.25, 0.3) is 0 Å². The van der Waals surface area contributed by atoms with Crippen LogP contribution in [0.25, 0.3) is 0 Å². The van der Waals surface area contributed by atoms with E-state index in [2.05, 4.69) is 43.6 Å². The number of carboxylic acid groups (broad SMARTS) is 4. The first-order valence-corrected chi connectivity index (χ1v) is 15.7. The van der Waals surface area contributed by atoms with Crippen LogP contribution in [0.1, 0.15) is 39.7 Å². The van der Waals surface area contributed by atoms with Crippen LogP contribution < -0.4 is 27.4 Å². The number of aromatic hydroxyl groups is 1. The Labute approximate surface area is 316 Å². The van der Waals surface area contributed by atoms with Gasteiger partial charge in [-0.1, -0.05) is 39.8 Å². The van der Waals surface area contributed by atoms with Crippen molar-refractivity contribution in [1.29, 1.82) is 0 Å². The lowest BCUT2D eigenvalue weighted by molar-refractivity contribution is -0.193. The summed E-state index contributed by atoms with van der Waals surface area (Å²) in [4.78, 5) is 46.4. The summed E-state index contributed by atoms with van der Waals surface area (Å²) < 4.78 is 127. The summed E-state index contributed by atoms with van der Waals surface area (Å²) in [7, 11) is 0. The maximum Gasteiger partial charge on any atom is 0.490 e. The number of amides is 1. The van der Waals surface area contributed by atoms with Gasteiger partial charge < -0.3 is 53.0 Å². The number of halogens is 12. The molecule has 0 aromatic heterocycles. The van der Waals surface area contributed by atoms with Gasteiger partial charge >= 0.3 is 48.6 Å². The second-order valence-corrected chi connectivity index (χ2v) is 11.8. The third-order valence-corrected chi connectivity index (χ3v) is 6.17. The van der Waals surface area contributed by atoms with Crippen molar-refractivity contribution in [2.24, 2.45) is 23.3 Å². The Kier molecular flexibility index (Phi) is 28.9. The van der Waals surface area contributed by atoms with Crippen molar-refractivity contribution in [1.82, 2.24) is 16.0 Å². The monoisotopic (exact) mass is 863 g/mol. The molecule has 0 spiro atoms. The number of nitrogens with two attached hydrogens (primary N) is 2.